The Balaban J connectivity index is 1.76. The highest BCUT2D eigenvalue weighted by Crippen LogP contribution is 2.28. The van der Waals surface area contributed by atoms with E-state index in [-0.39, 0.29) is 23.6 Å². The third kappa shape index (κ3) is 4.22. The van der Waals surface area contributed by atoms with Crippen LogP contribution in [-0.4, -0.2) is 51.3 Å². The summed E-state index contributed by atoms with van der Waals surface area (Å²) >= 11 is 5.99. The molecule has 1 saturated heterocycles. The van der Waals surface area contributed by atoms with Gasteiger partial charge in [-0.1, -0.05) is 37.6 Å². The number of benzene rings is 1. The van der Waals surface area contributed by atoms with Crippen LogP contribution >= 0.6 is 11.6 Å². The summed E-state index contributed by atoms with van der Waals surface area (Å²) in [6.07, 6.45) is 0. The first-order chi connectivity index (χ1) is 13.7. The van der Waals surface area contributed by atoms with Crippen molar-refractivity contribution in [1.29, 1.82) is 0 Å². The summed E-state index contributed by atoms with van der Waals surface area (Å²) in [4.78, 5) is 41.2. The molecule has 1 aromatic heterocycles. The molecule has 0 saturated carbocycles. The average Bonchev–Trinajstić information content (AvgIpc) is 2.70. The number of halogens is 1. The minimum absolute atomic E-state index is 0.0725. The van der Waals surface area contributed by atoms with Gasteiger partial charge in [0.2, 0.25) is 11.7 Å². The van der Waals surface area contributed by atoms with E-state index in [2.05, 4.69) is 5.10 Å². The molecule has 1 fully saturated rings. The van der Waals surface area contributed by atoms with E-state index < -0.39 is 11.2 Å². The Kier molecular flexibility index (Phi) is 6.12. The number of aromatic nitrogens is 3. The fourth-order valence-electron chi connectivity index (χ4n) is 3.70. The molecule has 29 heavy (non-hydrogen) atoms. The van der Waals surface area contributed by atoms with E-state index in [1.807, 2.05) is 35.8 Å². The monoisotopic (exact) mass is 419 g/mol. The van der Waals surface area contributed by atoms with Crippen molar-refractivity contribution in [3.05, 3.63) is 55.7 Å². The molecule has 1 amide bonds. The van der Waals surface area contributed by atoms with Crippen molar-refractivity contribution in [2.24, 2.45) is 20.0 Å². The third-order valence-electron chi connectivity index (χ3n) is 5.36. The van der Waals surface area contributed by atoms with Crippen molar-refractivity contribution in [3.8, 4) is 0 Å². The van der Waals surface area contributed by atoms with Gasteiger partial charge in [0.25, 0.3) is 5.56 Å². The van der Waals surface area contributed by atoms with E-state index in [1.165, 1.54) is 14.1 Å². The summed E-state index contributed by atoms with van der Waals surface area (Å²) in [5, 5.41) is 4.77. The maximum atomic E-state index is 13.2. The van der Waals surface area contributed by atoms with Crippen molar-refractivity contribution in [2.75, 3.05) is 31.1 Å². The molecule has 0 aliphatic carbocycles. The van der Waals surface area contributed by atoms with E-state index in [4.69, 9.17) is 11.6 Å². The first-order valence-corrected chi connectivity index (χ1v) is 10.0. The quantitative estimate of drug-likeness (QED) is 0.744. The molecule has 9 heteroatoms. The van der Waals surface area contributed by atoms with Crippen LogP contribution < -0.4 is 16.1 Å². The van der Waals surface area contributed by atoms with Crippen LogP contribution in [0.1, 0.15) is 25.3 Å². The van der Waals surface area contributed by atoms with Crippen molar-refractivity contribution in [3.63, 3.8) is 0 Å². The zero-order valence-electron chi connectivity index (χ0n) is 17.1. The van der Waals surface area contributed by atoms with Crippen molar-refractivity contribution in [1.82, 2.24) is 19.2 Å². The van der Waals surface area contributed by atoms with Crippen LogP contribution in [0.15, 0.2) is 33.9 Å². The van der Waals surface area contributed by atoms with E-state index in [9.17, 15) is 14.4 Å². The zero-order chi connectivity index (χ0) is 21.3. The predicted octanol–water partition coefficient (Wildman–Crippen LogP) is 1.22. The largest absolute Gasteiger partial charge is 0.347 e. The molecule has 1 aliphatic heterocycles. The number of amides is 1. The number of anilines is 1. The maximum Gasteiger partial charge on any atom is 0.346 e. The van der Waals surface area contributed by atoms with Gasteiger partial charge in [-0.05, 0) is 23.6 Å². The van der Waals surface area contributed by atoms with Crippen LogP contribution in [0.25, 0.3) is 0 Å². The van der Waals surface area contributed by atoms with Gasteiger partial charge in [-0.3, -0.25) is 14.2 Å². The Labute approximate surface area is 174 Å². The van der Waals surface area contributed by atoms with Gasteiger partial charge in [-0.25, -0.2) is 9.48 Å². The zero-order valence-corrected chi connectivity index (χ0v) is 17.9. The molecule has 8 nitrogen and oxygen atoms in total. The predicted molar refractivity (Wildman–Crippen MR) is 113 cm³/mol. The number of hydrogen-bond donors (Lipinski definition) is 0. The highest BCUT2D eigenvalue weighted by Gasteiger charge is 2.31. The molecule has 0 radical (unpaired) electrons. The van der Waals surface area contributed by atoms with Gasteiger partial charge in [0, 0.05) is 45.3 Å². The van der Waals surface area contributed by atoms with Gasteiger partial charge in [0.15, 0.2) is 0 Å². The fourth-order valence-corrected chi connectivity index (χ4v) is 3.82. The Hall–Kier alpha value is -2.61. The summed E-state index contributed by atoms with van der Waals surface area (Å²) in [5.74, 6) is 0.199. The molecule has 1 atom stereocenters. The minimum atomic E-state index is -0.463. The van der Waals surface area contributed by atoms with E-state index >= 15 is 0 Å². The molecular formula is C20H26ClN5O3. The number of hydrogen-bond acceptors (Lipinski definition) is 5. The van der Waals surface area contributed by atoms with Crippen molar-refractivity contribution in [2.45, 2.75) is 19.8 Å². The molecular weight excluding hydrogens is 394 g/mol. The van der Waals surface area contributed by atoms with Gasteiger partial charge >= 0.3 is 5.69 Å². The SMILES string of the molecule is CC(C)C(C(=O)N1CCN(c2nn(C)c(=O)n(C)c2=O)CC1)c1ccc(Cl)cc1. The topological polar surface area (TPSA) is 80.4 Å². The van der Waals surface area contributed by atoms with E-state index in [0.29, 0.717) is 31.2 Å². The summed E-state index contributed by atoms with van der Waals surface area (Å²) < 4.78 is 2.21. The standard InChI is InChI=1S/C20H26ClN5O3/c1-13(2)16(14-5-7-15(21)8-6-14)18(27)26-11-9-25(10-12-26)17-19(28)23(3)20(29)24(4)22-17/h5-8,13,16H,9-12H2,1-4H3. The lowest BCUT2D eigenvalue weighted by atomic mass is 9.87. The van der Waals surface area contributed by atoms with Crippen LogP contribution in [0.3, 0.4) is 0 Å². The second kappa shape index (κ2) is 8.41. The number of aryl methyl sites for hydroxylation is 1. The van der Waals surface area contributed by atoms with E-state index in [1.54, 1.807) is 12.1 Å². The second-order valence-corrected chi connectivity index (χ2v) is 8.12. The fraction of sp³-hybridized carbons (Fsp3) is 0.500. The number of nitrogens with zero attached hydrogens (tertiary/aromatic N) is 5. The lowest BCUT2D eigenvalue weighted by molar-refractivity contribution is -0.134. The van der Waals surface area contributed by atoms with Gasteiger partial charge in [0.1, 0.15) is 0 Å². The summed E-state index contributed by atoms with van der Waals surface area (Å²) in [6.45, 7) is 6.01. The number of carbonyl (C=O) groups is 1. The third-order valence-corrected chi connectivity index (χ3v) is 5.61. The maximum absolute atomic E-state index is 13.2. The number of carbonyl (C=O) groups excluding carboxylic acids is 1. The lowest BCUT2D eigenvalue weighted by Crippen LogP contribution is -2.53. The molecule has 2 aromatic rings. The highest BCUT2D eigenvalue weighted by molar-refractivity contribution is 6.30. The Morgan fingerprint density at radius 2 is 1.62 bits per heavy atom. The lowest BCUT2D eigenvalue weighted by Gasteiger charge is -2.37. The first kappa shape index (κ1) is 21.1. The molecule has 2 heterocycles. The molecule has 0 N–H and O–H groups in total. The molecule has 0 bridgehead atoms. The Morgan fingerprint density at radius 1 is 1.03 bits per heavy atom. The molecule has 0 spiro atoms. The van der Waals surface area contributed by atoms with Gasteiger partial charge in [-0.2, -0.15) is 0 Å². The van der Waals surface area contributed by atoms with Gasteiger partial charge < -0.3 is 9.80 Å². The Bertz CT molecular complexity index is 1000. The highest BCUT2D eigenvalue weighted by atomic mass is 35.5. The van der Waals surface area contributed by atoms with Crippen molar-refractivity contribution >= 4 is 23.3 Å². The summed E-state index contributed by atoms with van der Waals surface area (Å²) in [6, 6.07) is 7.41. The van der Waals surface area contributed by atoms with E-state index in [0.717, 1.165) is 14.8 Å². The minimum Gasteiger partial charge on any atom is -0.347 e. The van der Waals surface area contributed by atoms with Crippen LogP contribution in [0.5, 0.6) is 0 Å². The van der Waals surface area contributed by atoms with Crippen molar-refractivity contribution < 1.29 is 4.79 Å². The Morgan fingerprint density at radius 3 is 2.17 bits per heavy atom. The van der Waals surface area contributed by atoms with Crippen LogP contribution in [0, 0.1) is 5.92 Å². The molecule has 3 rings (SSSR count). The van der Waals surface area contributed by atoms with Crippen LogP contribution in [-0.2, 0) is 18.9 Å². The molecule has 1 aliphatic rings. The summed E-state index contributed by atoms with van der Waals surface area (Å²) in [7, 11) is 2.96. The first-order valence-electron chi connectivity index (χ1n) is 9.64. The van der Waals surface area contributed by atoms with Crippen LogP contribution in [0.2, 0.25) is 5.02 Å². The summed E-state index contributed by atoms with van der Waals surface area (Å²) in [5.41, 5.74) is 0.0647. The smallest absolute Gasteiger partial charge is 0.346 e. The van der Waals surface area contributed by atoms with Gasteiger partial charge in [-0.15, -0.1) is 5.10 Å². The number of piperazine rings is 1. The average molecular weight is 420 g/mol. The normalized spacial score (nSPS) is 15.7. The van der Waals surface area contributed by atoms with Crippen LogP contribution in [0.4, 0.5) is 5.82 Å². The second-order valence-electron chi connectivity index (χ2n) is 7.68. The molecule has 1 unspecified atom stereocenters. The van der Waals surface area contributed by atoms with Gasteiger partial charge in [0.05, 0.1) is 5.92 Å². The number of rotatable bonds is 4. The molecule has 156 valence electrons. The molecule has 1 aromatic carbocycles.